The zero-order valence-corrected chi connectivity index (χ0v) is 28.9. The van der Waals surface area contributed by atoms with Crippen LogP contribution in [0.1, 0.15) is 62.6 Å². The van der Waals surface area contributed by atoms with E-state index in [0.29, 0.717) is 28.6 Å². The van der Waals surface area contributed by atoms with E-state index in [1.807, 2.05) is 48.5 Å². The molecule has 2 aliphatic rings. The highest BCUT2D eigenvalue weighted by atomic mass is 15.0. The number of hydrogen-bond acceptors (Lipinski definition) is 5. The van der Waals surface area contributed by atoms with E-state index in [1.165, 1.54) is 43.1 Å². The van der Waals surface area contributed by atoms with Gasteiger partial charge in [-0.15, -0.1) is 0 Å². The van der Waals surface area contributed by atoms with Gasteiger partial charge < -0.3 is 0 Å². The maximum absolute atomic E-state index is 9.58. The quantitative estimate of drug-likeness (QED) is 0.188. The van der Waals surface area contributed by atoms with Crippen LogP contribution < -0.4 is 0 Å². The molecule has 51 heavy (non-hydrogen) atoms. The summed E-state index contributed by atoms with van der Waals surface area (Å²) in [4.78, 5) is 15.4. The van der Waals surface area contributed by atoms with Crippen molar-refractivity contribution in [3.05, 3.63) is 126 Å². The first-order valence-corrected chi connectivity index (χ1v) is 18.1. The Morgan fingerprint density at radius 1 is 0.549 bits per heavy atom. The summed E-state index contributed by atoms with van der Waals surface area (Å²) < 4.78 is 0. The van der Waals surface area contributed by atoms with Crippen LogP contribution in [0, 0.1) is 40.4 Å². The lowest BCUT2D eigenvalue weighted by Gasteiger charge is -2.51. The Labute approximate surface area is 298 Å². The van der Waals surface area contributed by atoms with Crippen LogP contribution in [-0.4, -0.2) is 15.0 Å². The van der Waals surface area contributed by atoms with Crippen molar-refractivity contribution in [3.63, 3.8) is 0 Å². The molecule has 0 N–H and O–H groups in total. The van der Waals surface area contributed by atoms with Crippen LogP contribution in [0.5, 0.6) is 0 Å². The Morgan fingerprint density at radius 3 is 1.65 bits per heavy atom. The van der Waals surface area contributed by atoms with Gasteiger partial charge in [0.1, 0.15) is 0 Å². The molecule has 1 aromatic heterocycles. The third-order valence-electron chi connectivity index (χ3n) is 11.5. The van der Waals surface area contributed by atoms with Crippen molar-refractivity contribution in [3.8, 4) is 46.3 Å². The molecule has 5 nitrogen and oxygen atoms in total. The second-order valence-corrected chi connectivity index (χ2v) is 15.2. The SMILES string of the molecule is C[C@@H]1C[C@@H]2C[C@H](C)CC(c3ccc(-c4nc(-c5ccc6ccc(C#N)cc6c5)nc(-c5ccc6ccc(C#N)cc6c5)n4)c4ccccc34)(C1)C2. The minimum absolute atomic E-state index is 0.189. The van der Waals surface area contributed by atoms with E-state index in [4.69, 9.17) is 15.0 Å². The summed E-state index contributed by atoms with van der Waals surface area (Å²) in [6.07, 6.45) is 6.44. The molecule has 0 aliphatic heterocycles. The third-order valence-corrected chi connectivity index (χ3v) is 11.5. The van der Waals surface area contributed by atoms with E-state index in [0.717, 1.165) is 61.4 Å². The minimum Gasteiger partial charge on any atom is -0.208 e. The molecular weight excluding hydrogens is 623 g/mol. The fraction of sp³-hybridized carbons (Fsp3) is 0.239. The molecule has 246 valence electrons. The average Bonchev–Trinajstić information content (AvgIpc) is 3.15. The predicted octanol–water partition coefficient (Wildman–Crippen LogP) is 11.2. The van der Waals surface area contributed by atoms with Crippen LogP contribution >= 0.6 is 0 Å². The largest absolute Gasteiger partial charge is 0.208 e. The number of fused-ring (bicyclic) bond motifs is 5. The van der Waals surface area contributed by atoms with Gasteiger partial charge in [0, 0.05) is 16.7 Å². The summed E-state index contributed by atoms with van der Waals surface area (Å²) in [6.45, 7) is 4.90. The monoisotopic (exact) mass is 659 g/mol. The molecule has 4 atom stereocenters. The molecule has 2 saturated carbocycles. The Bertz CT molecular complexity index is 2470. The fourth-order valence-corrected chi connectivity index (χ4v) is 9.66. The Kier molecular flexibility index (Phi) is 7.41. The maximum atomic E-state index is 9.58. The van der Waals surface area contributed by atoms with Crippen molar-refractivity contribution in [1.82, 2.24) is 15.0 Å². The number of nitrogens with zero attached hydrogens (tertiary/aromatic N) is 5. The van der Waals surface area contributed by atoms with Crippen LogP contribution in [0.15, 0.2) is 109 Å². The van der Waals surface area contributed by atoms with Gasteiger partial charge in [-0.3, -0.25) is 0 Å². The Hall–Kier alpha value is -5.91. The molecule has 2 bridgehead atoms. The lowest BCUT2D eigenvalue weighted by atomic mass is 9.54. The summed E-state index contributed by atoms with van der Waals surface area (Å²) in [6, 6.07) is 41.7. The van der Waals surface area contributed by atoms with Gasteiger partial charge in [-0.2, -0.15) is 10.5 Å². The molecule has 0 saturated heterocycles. The zero-order valence-electron chi connectivity index (χ0n) is 28.9. The van der Waals surface area contributed by atoms with Crippen molar-refractivity contribution in [2.45, 2.75) is 51.4 Å². The van der Waals surface area contributed by atoms with Crippen LogP contribution in [0.3, 0.4) is 0 Å². The molecule has 0 radical (unpaired) electrons. The number of benzene rings is 6. The average molecular weight is 660 g/mol. The zero-order chi connectivity index (χ0) is 34.7. The molecule has 1 unspecified atom stereocenters. The van der Waals surface area contributed by atoms with Crippen LogP contribution in [0.4, 0.5) is 0 Å². The standard InChI is InChI=1S/C46H37N5/c1-28-17-32-18-29(2)24-46(23-28,25-32)42-16-15-41(39-5-3-4-6-40(39)42)45-50-43(35-13-11-33-9-7-30(26-47)19-37(33)21-35)49-44(51-45)36-14-12-34-10-8-31(27-48)20-38(34)22-36/h3-16,19-22,28-29,32H,17-18,23-25H2,1-2H3/t28-,29+,32-,46?. The molecular formula is C46H37N5. The molecule has 9 rings (SSSR count). The van der Waals surface area contributed by atoms with Gasteiger partial charge in [0.2, 0.25) is 0 Å². The topological polar surface area (TPSA) is 86.2 Å². The molecule has 2 aliphatic carbocycles. The first-order chi connectivity index (χ1) is 24.9. The van der Waals surface area contributed by atoms with Gasteiger partial charge in [-0.1, -0.05) is 86.6 Å². The van der Waals surface area contributed by atoms with E-state index in [1.54, 1.807) is 0 Å². The minimum atomic E-state index is 0.189. The third kappa shape index (κ3) is 5.51. The van der Waals surface area contributed by atoms with Crippen LogP contribution in [0.25, 0.3) is 66.5 Å². The molecule has 0 spiro atoms. The first-order valence-electron chi connectivity index (χ1n) is 18.1. The molecule has 1 heterocycles. The van der Waals surface area contributed by atoms with Crippen molar-refractivity contribution < 1.29 is 0 Å². The summed E-state index contributed by atoms with van der Waals surface area (Å²) >= 11 is 0. The summed E-state index contributed by atoms with van der Waals surface area (Å²) in [5, 5.41) is 25.6. The van der Waals surface area contributed by atoms with Gasteiger partial charge >= 0.3 is 0 Å². The molecule has 5 heteroatoms. The number of aromatic nitrogens is 3. The predicted molar refractivity (Wildman–Crippen MR) is 205 cm³/mol. The number of rotatable bonds is 4. The van der Waals surface area contributed by atoms with Crippen molar-refractivity contribution >= 4 is 32.3 Å². The maximum Gasteiger partial charge on any atom is 0.164 e. The van der Waals surface area contributed by atoms with Gasteiger partial charge in [0.15, 0.2) is 17.5 Å². The van der Waals surface area contributed by atoms with Gasteiger partial charge in [-0.25, -0.2) is 15.0 Å². The van der Waals surface area contributed by atoms with Crippen molar-refractivity contribution in [2.24, 2.45) is 17.8 Å². The van der Waals surface area contributed by atoms with E-state index >= 15 is 0 Å². The van der Waals surface area contributed by atoms with Crippen molar-refractivity contribution in [2.75, 3.05) is 0 Å². The van der Waals surface area contributed by atoms with Gasteiger partial charge in [-0.05, 0) is 130 Å². The smallest absolute Gasteiger partial charge is 0.164 e. The second kappa shape index (κ2) is 12.1. The molecule has 7 aromatic rings. The summed E-state index contributed by atoms with van der Waals surface area (Å²) in [5.74, 6) is 4.01. The normalized spacial score (nSPS) is 21.4. The summed E-state index contributed by atoms with van der Waals surface area (Å²) in [7, 11) is 0. The van der Waals surface area contributed by atoms with E-state index < -0.39 is 0 Å². The van der Waals surface area contributed by atoms with Crippen LogP contribution in [-0.2, 0) is 5.41 Å². The lowest BCUT2D eigenvalue weighted by molar-refractivity contribution is 0.0790. The Balaban J connectivity index is 1.25. The molecule has 2 fully saturated rings. The second-order valence-electron chi connectivity index (χ2n) is 15.2. The number of hydrogen-bond donors (Lipinski definition) is 0. The highest BCUT2D eigenvalue weighted by molar-refractivity contribution is 5.98. The fourth-order valence-electron chi connectivity index (χ4n) is 9.66. The summed E-state index contributed by atoms with van der Waals surface area (Å²) in [5.41, 5.74) is 5.59. The molecule has 0 amide bonds. The highest BCUT2D eigenvalue weighted by Crippen LogP contribution is 2.55. The number of nitriles is 2. The van der Waals surface area contributed by atoms with Crippen molar-refractivity contribution in [1.29, 1.82) is 10.5 Å². The first kappa shape index (κ1) is 31.1. The Morgan fingerprint density at radius 2 is 1.08 bits per heavy atom. The van der Waals surface area contributed by atoms with E-state index in [-0.39, 0.29) is 5.41 Å². The molecule has 6 aromatic carbocycles. The van der Waals surface area contributed by atoms with E-state index in [9.17, 15) is 10.5 Å². The highest BCUT2D eigenvalue weighted by Gasteiger charge is 2.46. The van der Waals surface area contributed by atoms with E-state index in [2.05, 4.69) is 86.6 Å². The van der Waals surface area contributed by atoms with Crippen LogP contribution in [0.2, 0.25) is 0 Å². The van der Waals surface area contributed by atoms with Gasteiger partial charge in [0.25, 0.3) is 0 Å². The lowest BCUT2D eigenvalue weighted by Crippen LogP contribution is -2.42. The van der Waals surface area contributed by atoms with Gasteiger partial charge in [0.05, 0.1) is 23.3 Å².